The van der Waals surface area contributed by atoms with Crippen molar-refractivity contribution in [2.45, 2.75) is 25.5 Å². The summed E-state index contributed by atoms with van der Waals surface area (Å²) >= 11 is 0. The Balaban J connectivity index is 1.39. The summed E-state index contributed by atoms with van der Waals surface area (Å²) in [5.74, 6) is 1.09. The molecule has 0 aliphatic carbocycles. The number of likely N-dealkylation sites (tertiary alicyclic amines) is 1. The fourth-order valence-electron chi connectivity index (χ4n) is 5.59. The van der Waals surface area contributed by atoms with Gasteiger partial charge in [-0.3, -0.25) is 9.69 Å². The molecule has 198 valence electrons. The van der Waals surface area contributed by atoms with Gasteiger partial charge in [-0.1, -0.05) is 36.4 Å². The van der Waals surface area contributed by atoms with Gasteiger partial charge in [0.15, 0.2) is 0 Å². The average molecular weight is 521 g/mol. The van der Waals surface area contributed by atoms with Crippen molar-refractivity contribution in [1.82, 2.24) is 14.5 Å². The van der Waals surface area contributed by atoms with Gasteiger partial charge in [-0.2, -0.15) is 0 Å². The van der Waals surface area contributed by atoms with Gasteiger partial charge in [0.25, 0.3) is 5.91 Å². The molecule has 7 nitrogen and oxygen atoms in total. The highest BCUT2D eigenvalue weighted by atomic mass is 16.5. The lowest BCUT2D eigenvalue weighted by Gasteiger charge is -2.29. The van der Waals surface area contributed by atoms with E-state index in [2.05, 4.69) is 26.9 Å². The number of fused-ring (bicyclic) bond motifs is 3. The molecule has 0 saturated carbocycles. The highest BCUT2D eigenvalue weighted by molar-refractivity contribution is 6.14. The zero-order valence-corrected chi connectivity index (χ0v) is 22.2. The number of hydrogen-bond acceptors (Lipinski definition) is 5. The second kappa shape index (κ2) is 10.5. The molecule has 0 radical (unpaired) electrons. The summed E-state index contributed by atoms with van der Waals surface area (Å²) in [5, 5.41) is 15.1. The number of aliphatic hydroxyl groups is 1. The zero-order chi connectivity index (χ0) is 26.9. The SMILES string of the molecule is COc1ccc(-c2nc(NC(=O)c3ccccc3CN3CCC(O)CC3)cc3c4ccccc4n(C)c23)cc1. The molecule has 1 fully saturated rings. The summed E-state index contributed by atoms with van der Waals surface area (Å²) in [5.41, 5.74) is 5.44. The summed E-state index contributed by atoms with van der Waals surface area (Å²) in [7, 11) is 3.70. The second-order valence-electron chi connectivity index (χ2n) is 10.2. The molecule has 5 aromatic rings. The van der Waals surface area contributed by atoms with E-state index in [9.17, 15) is 9.90 Å². The van der Waals surface area contributed by atoms with Crippen molar-refractivity contribution in [3.63, 3.8) is 0 Å². The van der Waals surface area contributed by atoms with E-state index in [4.69, 9.17) is 9.72 Å². The van der Waals surface area contributed by atoms with Gasteiger partial charge in [0, 0.05) is 54.1 Å². The predicted molar refractivity (Wildman–Crippen MR) is 155 cm³/mol. The van der Waals surface area contributed by atoms with E-state index >= 15 is 0 Å². The number of piperidine rings is 1. The Hall–Kier alpha value is -4.20. The summed E-state index contributed by atoms with van der Waals surface area (Å²) < 4.78 is 7.52. The summed E-state index contributed by atoms with van der Waals surface area (Å²) in [6.45, 7) is 2.31. The van der Waals surface area contributed by atoms with Crippen LogP contribution in [0, 0.1) is 0 Å². The number of rotatable bonds is 6. The molecule has 0 bridgehead atoms. The number of methoxy groups -OCH3 is 1. The van der Waals surface area contributed by atoms with Crippen LogP contribution in [0.15, 0.2) is 78.9 Å². The van der Waals surface area contributed by atoms with Crippen LogP contribution in [-0.4, -0.2) is 51.8 Å². The average Bonchev–Trinajstić information content (AvgIpc) is 3.26. The van der Waals surface area contributed by atoms with Gasteiger partial charge in [0.05, 0.1) is 24.4 Å². The first kappa shape index (κ1) is 25.1. The molecule has 1 aliphatic heterocycles. The fraction of sp³-hybridized carbons (Fsp3) is 0.250. The van der Waals surface area contributed by atoms with Crippen molar-refractivity contribution in [3.8, 4) is 17.0 Å². The largest absolute Gasteiger partial charge is 0.497 e. The number of nitrogens with zero attached hydrogens (tertiary/aromatic N) is 3. The van der Waals surface area contributed by atoms with E-state index in [-0.39, 0.29) is 12.0 Å². The lowest BCUT2D eigenvalue weighted by molar-refractivity contribution is 0.0788. The van der Waals surface area contributed by atoms with E-state index < -0.39 is 0 Å². The number of carbonyl (C=O) groups excluding carboxylic acids is 1. The molecule has 3 aromatic carbocycles. The number of carbonyl (C=O) groups is 1. The van der Waals surface area contributed by atoms with E-state index in [1.54, 1.807) is 7.11 Å². The summed E-state index contributed by atoms with van der Waals surface area (Å²) in [6, 6.07) is 25.8. The van der Waals surface area contributed by atoms with Crippen LogP contribution in [0.1, 0.15) is 28.8 Å². The number of aryl methyl sites for hydroxylation is 1. The van der Waals surface area contributed by atoms with Crippen LogP contribution in [0.4, 0.5) is 5.82 Å². The number of anilines is 1. The molecule has 1 saturated heterocycles. The van der Waals surface area contributed by atoms with Gasteiger partial charge in [-0.15, -0.1) is 0 Å². The number of benzene rings is 3. The number of ether oxygens (including phenoxy) is 1. The van der Waals surface area contributed by atoms with Crippen molar-refractivity contribution in [3.05, 3.63) is 90.0 Å². The lowest BCUT2D eigenvalue weighted by Crippen LogP contribution is -2.35. The third-order valence-electron chi connectivity index (χ3n) is 7.70. The number of nitrogens with one attached hydrogen (secondary N) is 1. The second-order valence-corrected chi connectivity index (χ2v) is 10.2. The maximum Gasteiger partial charge on any atom is 0.257 e. The third kappa shape index (κ3) is 4.87. The number of amides is 1. The minimum Gasteiger partial charge on any atom is -0.497 e. The van der Waals surface area contributed by atoms with E-state index in [0.29, 0.717) is 17.9 Å². The van der Waals surface area contributed by atoms with Crippen LogP contribution >= 0.6 is 0 Å². The number of aliphatic hydroxyl groups excluding tert-OH is 1. The van der Waals surface area contributed by atoms with Crippen molar-refractivity contribution in [2.24, 2.45) is 7.05 Å². The quantitative estimate of drug-likeness (QED) is 0.304. The maximum atomic E-state index is 13.6. The van der Waals surface area contributed by atoms with Gasteiger partial charge >= 0.3 is 0 Å². The van der Waals surface area contributed by atoms with Crippen LogP contribution in [0.3, 0.4) is 0 Å². The molecule has 0 atom stereocenters. The first-order valence-electron chi connectivity index (χ1n) is 13.3. The van der Waals surface area contributed by atoms with Crippen molar-refractivity contribution in [2.75, 3.05) is 25.5 Å². The number of pyridine rings is 1. The number of aromatic nitrogens is 2. The Morgan fingerprint density at radius 2 is 1.72 bits per heavy atom. The Bertz CT molecular complexity index is 1650. The third-order valence-corrected chi connectivity index (χ3v) is 7.70. The zero-order valence-electron chi connectivity index (χ0n) is 22.2. The highest BCUT2D eigenvalue weighted by Gasteiger charge is 2.21. The van der Waals surface area contributed by atoms with Gasteiger partial charge in [-0.25, -0.2) is 4.98 Å². The van der Waals surface area contributed by atoms with Crippen LogP contribution in [-0.2, 0) is 13.6 Å². The summed E-state index contributed by atoms with van der Waals surface area (Å²) in [6.07, 6.45) is 1.30. The first-order valence-corrected chi connectivity index (χ1v) is 13.3. The molecule has 0 spiro atoms. The molecule has 2 N–H and O–H groups in total. The van der Waals surface area contributed by atoms with Crippen LogP contribution in [0.2, 0.25) is 0 Å². The van der Waals surface area contributed by atoms with Crippen LogP contribution in [0.5, 0.6) is 5.75 Å². The molecule has 0 unspecified atom stereocenters. The Kier molecular flexibility index (Phi) is 6.77. The van der Waals surface area contributed by atoms with E-state index in [1.807, 2.05) is 73.8 Å². The minimum atomic E-state index is -0.227. The minimum absolute atomic E-state index is 0.185. The van der Waals surface area contributed by atoms with Gasteiger partial charge in [0.2, 0.25) is 0 Å². The molecule has 39 heavy (non-hydrogen) atoms. The Morgan fingerprint density at radius 3 is 2.49 bits per heavy atom. The fourth-order valence-corrected chi connectivity index (χ4v) is 5.59. The van der Waals surface area contributed by atoms with Crippen LogP contribution < -0.4 is 10.1 Å². The molecule has 1 amide bonds. The topological polar surface area (TPSA) is 79.6 Å². The molecule has 6 rings (SSSR count). The molecule has 3 heterocycles. The summed E-state index contributed by atoms with van der Waals surface area (Å²) in [4.78, 5) is 20.9. The highest BCUT2D eigenvalue weighted by Crippen LogP contribution is 2.36. The smallest absolute Gasteiger partial charge is 0.257 e. The van der Waals surface area contributed by atoms with Gasteiger partial charge in [0.1, 0.15) is 11.6 Å². The van der Waals surface area contributed by atoms with Crippen molar-refractivity contribution < 1.29 is 14.6 Å². The van der Waals surface area contributed by atoms with Crippen LogP contribution in [0.25, 0.3) is 33.1 Å². The number of para-hydroxylation sites is 1. The maximum absolute atomic E-state index is 13.6. The van der Waals surface area contributed by atoms with Gasteiger partial charge < -0.3 is 19.7 Å². The predicted octanol–water partition coefficient (Wildman–Crippen LogP) is 5.61. The van der Waals surface area contributed by atoms with E-state index in [0.717, 1.165) is 70.3 Å². The molecular weight excluding hydrogens is 488 g/mol. The van der Waals surface area contributed by atoms with Gasteiger partial charge in [-0.05, 0) is 60.9 Å². The molecule has 7 heteroatoms. The molecule has 1 aliphatic rings. The number of hydrogen-bond donors (Lipinski definition) is 2. The molecule has 2 aromatic heterocycles. The van der Waals surface area contributed by atoms with Crippen molar-refractivity contribution in [1.29, 1.82) is 0 Å². The standard InChI is InChI=1S/C32H32N4O3/c1-35-28-10-6-5-9-26(28)27-19-29(33-30(31(27)35)21-11-13-24(39-2)14-12-21)34-32(38)25-8-4-3-7-22(25)20-36-17-15-23(37)16-18-36/h3-14,19,23,37H,15-18,20H2,1-2H3,(H,33,34,38). The van der Waals surface area contributed by atoms with E-state index in [1.165, 1.54) is 0 Å². The lowest BCUT2D eigenvalue weighted by atomic mass is 10.0. The van der Waals surface area contributed by atoms with Crippen molar-refractivity contribution >= 4 is 33.5 Å². The Labute approximate surface area is 227 Å². The Morgan fingerprint density at radius 1 is 1.00 bits per heavy atom. The normalized spacial score (nSPS) is 14.6. The molecular formula is C32H32N4O3. The first-order chi connectivity index (χ1) is 19.0. The monoisotopic (exact) mass is 520 g/mol.